The molecule has 0 spiro atoms. The number of nitrogens with zero attached hydrogens (tertiary/aromatic N) is 4. The zero-order valence-electron chi connectivity index (χ0n) is 22.6. The number of methoxy groups -OCH3 is 1. The summed E-state index contributed by atoms with van der Waals surface area (Å²) in [6.45, 7) is 2.85. The Morgan fingerprint density at radius 1 is 1.20 bits per heavy atom. The number of benzene rings is 1. The van der Waals surface area contributed by atoms with Gasteiger partial charge in [-0.25, -0.2) is 15.0 Å². The third kappa shape index (κ3) is 6.23. The molecule has 5 rings (SSSR count). The Kier molecular flexibility index (Phi) is 8.88. The van der Waals surface area contributed by atoms with Crippen LogP contribution in [0.4, 0.5) is 5.95 Å². The maximum absolute atomic E-state index is 13.5. The normalized spacial score (nSPS) is 16.7. The molecule has 3 N–H and O–H groups in total. The van der Waals surface area contributed by atoms with Crippen molar-refractivity contribution >= 4 is 41.0 Å². The van der Waals surface area contributed by atoms with Gasteiger partial charge in [0.25, 0.3) is 5.91 Å². The standard InChI is InChI=1S/C28H30Cl2N6O5/c1-15(26(38)34-23(14-37)20-10-24(40-2)31-11-21(20)29)36-13-17-4-3-16(9-19(17)27(36)39)25-22(30)12-32-28(35-25)33-18-5-7-41-8-6-18/h3-4,9-12,15,18,23,37H,5-8,13-14H2,1-2H3,(H,34,38)(H,32,33,35). The maximum atomic E-state index is 13.5. The number of halogens is 2. The number of aliphatic hydroxyl groups is 1. The molecule has 1 aromatic carbocycles. The number of aromatic nitrogens is 3. The fourth-order valence-corrected chi connectivity index (χ4v) is 5.35. The number of nitrogens with one attached hydrogen (secondary N) is 2. The molecule has 1 fully saturated rings. The average Bonchev–Trinajstić information content (AvgIpc) is 3.32. The van der Waals surface area contributed by atoms with E-state index in [9.17, 15) is 14.7 Å². The van der Waals surface area contributed by atoms with E-state index in [1.54, 1.807) is 25.3 Å². The van der Waals surface area contributed by atoms with Gasteiger partial charge in [-0.05, 0) is 31.4 Å². The summed E-state index contributed by atoms with van der Waals surface area (Å²) in [4.78, 5) is 41.1. The lowest BCUT2D eigenvalue weighted by molar-refractivity contribution is -0.126. The number of hydrogen-bond donors (Lipinski definition) is 3. The van der Waals surface area contributed by atoms with Gasteiger partial charge in [-0.3, -0.25) is 9.59 Å². The third-order valence-corrected chi connectivity index (χ3v) is 7.90. The number of amides is 2. The molecule has 0 radical (unpaired) electrons. The summed E-state index contributed by atoms with van der Waals surface area (Å²) < 4.78 is 10.6. The van der Waals surface area contributed by atoms with Crippen LogP contribution in [-0.2, 0) is 16.1 Å². The minimum atomic E-state index is -0.826. The van der Waals surface area contributed by atoms with Crippen LogP contribution in [0.25, 0.3) is 11.3 Å². The van der Waals surface area contributed by atoms with Gasteiger partial charge in [-0.2, -0.15) is 0 Å². The highest BCUT2D eigenvalue weighted by atomic mass is 35.5. The van der Waals surface area contributed by atoms with Crippen molar-refractivity contribution in [1.82, 2.24) is 25.2 Å². The summed E-state index contributed by atoms with van der Waals surface area (Å²) in [6, 6.07) is 5.56. The summed E-state index contributed by atoms with van der Waals surface area (Å²) in [5.74, 6) is 0.0150. The van der Waals surface area contributed by atoms with Crippen LogP contribution in [0, 0.1) is 0 Å². The Morgan fingerprint density at radius 3 is 2.68 bits per heavy atom. The van der Waals surface area contributed by atoms with Gasteiger partial charge >= 0.3 is 0 Å². The molecular formula is C28H30Cl2N6O5. The quantitative estimate of drug-likeness (QED) is 0.336. The van der Waals surface area contributed by atoms with Gasteiger partial charge in [-0.15, -0.1) is 0 Å². The number of rotatable bonds is 9. The lowest BCUT2D eigenvalue weighted by atomic mass is 10.0. The second kappa shape index (κ2) is 12.6. The predicted octanol–water partition coefficient (Wildman–Crippen LogP) is 3.64. The molecule has 2 aliphatic rings. The molecule has 13 heteroatoms. The Balaban J connectivity index is 1.31. The molecule has 0 saturated carbocycles. The maximum Gasteiger partial charge on any atom is 0.255 e. The van der Waals surface area contributed by atoms with Gasteiger partial charge in [0, 0.05) is 54.8 Å². The van der Waals surface area contributed by atoms with Crippen molar-refractivity contribution in [2.75, 3.05) is 32.2 Å². The van der Waals surface area contributed by atoms with E-state index in [1.807, 2.05) is 12.1 Å². The summed E-state index contributed by atoms with van der Waals surface area (Å²) in [6.07, 6.45) is 4.65. The molecule has 2 aromatic heterocycles. The monoisotopic (exact) mass is 600 g/mol. The molecule has 1 saturated heterocycles. The largest absolute Gasteiger partial charge is 0.481 e. The topological polar surface area (TPSA) is 139 Å². The van der Waals surface area contributed by atoms with Gasteiger partial charge in [0.05, 0.1) is 41.7 Å². The number of anilines is 1. The minimum absolute atomic E-state index is 0.211. The van der Waals surface area contributed by atoms with Gasteiger partial charge in [-0.1, -0.05) is 35.3 Å². The minimum Gasteiger partial charge on any atom is -0.481 e. The molecule has 216 valence electrons. The lowest BCUT2D eigenvalue weighted by Crippen LogP contribution is -2.46. The zero-order chi connectivity index (χ0) is 29.1. The first-order valence-electron chi connectivity index (χ1n) is 13.2. The number of aliphatic hydroxyl groups excluding tert-OH is 1. The van der Waals surface area contributed by atoms with E-state index in [0.29, 0.717) is 52.4 Å². The van der Waals surface area contributed by atoms with Crippen LogP contribution in [0.2, 0.25) is 10.0 Å². The Labute approximate surface area is 247 Å². The van der Waals surface area contributed by atoms with Crippen LogP contribution in [0.3, 0.4) is 0 Å². The Morgan fingerprint density at radius 2 is 1.95 bits per heavy atom. The van der Waals surface area contributed by atoms with Crippen molar-refractivity contribution < 1.29 is 24.2 Å². The number of carbonyl (C=O) groups is 2. The van der Waals surface area contributed by atoms with Crippen LogP contribution < -0.4 is 15.4 Å². The van der Waals surface area contributed by atoms with Gasteiger partial charge < -0.3 is 30.1 Å². The van der Waals surface area contributed by atoms with E-state index in [4.69, 9.17) is 32.7 Å². The highest BCUT2D eigenvalue weighted by Gasteiger charge is 2.35. The first-order valence-corrected chi connectivity index (χ1v) is 14.0. The fraction of sp³-hybridized carbons (Fsp3) is 0.393. The highest BCUT2D eigenvalue weighted by molar-refractivity contribution is 6.33. The van der Waals surface area contributed by atoms with Crippen molar-refractivity contribution in [2.45, 2.75) is 44.4 Å². The van der Waals surface area contributed by atoms with Crippen LogP contribution in [0.15, 0.2) is 36.7 Å². The van der Waals surface area contributed by atoms with Crippen molar-refractivity contribution in [3.63, 3.8) is 0 Å². The summed E-state index contributed by atoms with van der Waals surface area (Å²) in [5, 5.41) is 16.7. The van der Waals surface area contributed by atoms with E-state index in [1.165, 1.54) is 18.2 Å². The molecule has 0 aliphatic carbocycles. The number of carbonyl (C=O) groups excluding carboxylic acids is 2. The predicted molar refractivity (Wildman–Crippen MR) is 153 cm³/mol. The van der Waals surface area contributed by atoms with Crippen LogP contribution in [0.5, 0.6) is 5.88 Å². The molecule has 3 aromatic rings. The first-order chi connectivity index (χ1) is 19.8. The number of fused-ring (bicyclic) bond motifs is 1. The molecule has 2 unspecified atom stereocenters. The molecule has 11 nitrogen and oxygen atoms in total. The SMILES string of the molecule is COc1cc(C(CO)NC(=O)C(C)N2Cc3ccc(-c4nc(NC5CCOCC5)ncc4Cl)cc3C2=O)c(Cl)cn1. The van der Waals surface area contributed by atoms with E-state index in [-0.39, 0.29) is 23.5 Å². The van der Waals surface area contributed by atoms with E-state index >= 15 is 0 Å². The fourth-order valence-electron chi connectivity index (χ4n) is 4.92. The van der Waals surface area contributed by atoms with Crippen molar-refractivity contribution in [3.8, 4) is 17.1 Å². The highest BCUT2D eigenvalue weighted by Crippen LogP contribution is 2.33. The molecule has 41 heavy (non-hydrogen) atoms. The van der Waals surface area contributed by atoms with Crippen molar-refractivity contribution in [2.24, 2.45) is 0 Å². The van der Waals surface area contributed by atoms with Gasteiger partial charge in [0.2, 0.25) is 17.7 Å². The average molecular weight is 601 g/mol. The van der Waals surface area contributed by atoms with E-state index in [0.717, 1.165) is 18.4 Å². The van der Waals surface area contributed by atoms with E-state index < -0.39 is 24.6 Å². The third-order valence-electron chi connectivity index (χ3n) is 7.30. The van der Waals surface area contributed by atoms with Crippen LogP contribution in [-0.4, -0.2) is 75.8 Å². The van der Waals surface area contributed by atoms with Crippen molar-refractivity contribution in [3.05, 3.63) is 63.4 Å². The van der Waals surface area contributed by atoms with Crippen LogP contribution >= 0.6 is 23.2 Å². The molecule has 2 atom stereocenters. The summed E-state index contributed by atoms with van der Waals surface area (Å²) in [7, 11) is 1.46. The molecule has 2 aliphatic heterocycles. The van der Waals surface area contributed by atoms with Crippen molar-refractivity contribution in [1.29, 1.82) is 0 Å². The number of ether oxygens (including phenoxy) is 2. The smallest absolute Gasteiger partial charge is 0.255 e. The Hall–Kier alpha value is -3.51. The first kappa shape index (κ1) is 29.0. The molecule has 2 amide bonds. The molecular weight excluding hydrogens is 571 g/mol. The van der Waals surface area contributed by atoms with E-state index in [2.05, 4.69) is 25.6 Å². The second-order valence-electron chi connectivity index (χ2n) is 9.89. The van der Waals surface area contributed by atoms with Gasteiger partial charge in [0.1, 0.15) is 6.04 Å². The zero-order valence-corrected chi connectivity index (χ0v) is 24.1. The molecule has 4 heterocycles. The number of hydrogen-bond acceptors (Lipinski definition) is 9. The van der Waals surface area contributed by atoms with Crippen LogP contribution in [0.1, 0.15) is 47.3 Å². The van der Waals surface area contributed by atoms with Gasteiger partial charge in [0.15, 0.2) is 0 Å². The lowest BCUT2D eigenvalue weighted by Gasteiger charge is -2.26. The number of pyridine rings is 1. The molecule has 0 bridgehead atoms. The second-order valence-corrected chi connectivity index (χ2v) is 10.7. The summed E-state index contributed by atoms with van der Waals surface area (Å²) >= 11 is 12.7. The Bertz CT molecular complexity index is 1450. The summed E-state index contributed by atoms with van der Waals surface area (Å²) in [5.41, 5.74) is 2.88.